The van der Waals surface area contributed by atoms with Gasteiger partial charge in [-0.15, -0.1) is 0 Å². The van der Waals surface area contributed by atoms with E-state index in [-0.39, 0.29) is 18.5 Å². The Hall–Kier alpha value is -0.450. The molecule has 0 bridgehead atoms. The number of hydrogen-bond acceptors (Lipinski definition) is 2. The topological polar surface area (TPSA) is 46.2 Å². The predicted octanol–water partition coefficient (Wildman–Crippen LogP) is 2.59. The molecule has 0 heterocycles. The van der Waals surface area contributed by atoms with Crippen LogP contribution in [-0.4, -0.2) is 11.7 Å². The summed E-state index contributed by atoms with van der Waals surface area (Å²) >= 11 is 3.29. The highest BCUT2D eigenvalue weighted by Crippen LogP contribution is 2.30. The SMILES string of the molecule is Cc1c(F)cc(Br)c(C)c1C(N)CCO. The molecule has 0 saturated carbocycles. The lowest BCUT2D eigenvalue weighted by molar-refractivity contribution is 0.276. The van der Waals surface area contributed by atoms with E-state index in [1.54, 1.807) is 6.92 Å². The third-order valence-corrected chi connectivity index (χ3v) is 3.41. The molecule has 3 N–H and O–H groups in total. The number of rotatable bonds is 3. The van der Waals surface area contributed by atoms with Crippen molar-refractivity contribution >= 4 is 15.9 Å². The van der Waals surface area contributed by atoms with Crippen LogP contribution in [0, 0.1) is 19.7 Å². The molecule has 0 fully saturated rings. The van der Waals surface area contributed by atoms with Gasteiger partial charge in [0, 0.05) is 17.1 Å². The van der Waals surface area contributed by atoms with Crippen LogP contribution in [0.1, 0.15) is 29.2 Å². The summed E-state index contributed by atoms with van der Waals surface area (Å²) in [5.74, 6) is -0.268. The molecule has 4 heteroatoms. The molecular weight excluding hydrogens is 261 g/mol. The number of aliphatic hydroxyl groups excluding tert-OH is 1. The van der Waals surface area contributed by atoms with Gasteiger partial charge < -0.3 is 10.8 Å². The number of nitrogens with two attached hydrogens (primary N) is 1. The van der Waals surface area contributed by atoms with Gasteiger partial charge >= 0.3 is 0 Å². The van der Waals surface area contributed by atoms with E-state index in [0.29, 0.717) is 16.5 Å². The predicted molar refractivity (Wildman–Crippen MR) is 62.2 cm³/mol. The fraction of sp³-hybridized carbons (Fsp3) is 0.455. The minimum absolute atomic E-state index is 0.00811. The Morgan fingerprint density at radius 1 is 1.47 bits per heavy atom. The molecule has 15 heavy (non-hydrogen) atoms. The van der Waals surface area contributed by atoms with Gasteiger partial charge in [0.25, 0.3) is 0 Å². The highest BCUT2D eigenvalue weighted by molar-refractivity contribution is 9.10. The van der Waals surface area contributed by atoms with Gasteiger partial charge in [0.2, 0.25) is 0 Å². The number of hydrogen-bond donors (Lipinski definition) is 2. The largest absolute Gasteiger partial charge is 0.396 e. The van der Waals surface area contributed by atoms with Crippen LogP contribution in [0.25, 0.3) is 0 Å². The highest BCUT2D eigenvalue weighted by Gasteiger charge is 2.16. The average Bonchev–Trinajstić information content (AvgIpc) is 2.16. The van der Waals surface area contributed by atoms with Crippen LogP contribution in [0.5, 0.6) is 0 Å². The fourth-order valence-corrected chi connectivity index (χ4v) is 2.12. The van der Waals surface area contributed by atoms with E-state index in [2.05, 4.69) is 15.9 Å². The molecule has 1 aromatic carbocycles. The van der Waals surface area contributed by atoms with Crippen LogP contribution in [0.15, 0.2) is 10.5 Å². The lowest BCUT2D eigenvalue weighted by atomic mass is 9.94. The van der Waals surface area contributed by atoms with Crippen LogP contribution in [0.3, 0.4) is 0 Å². The van der Waals surface area contributed by atoms with E-state index in [1.807, 2.05) is 6.92 Å². The Bertz CT molecular complexity index is 342. The van der Waals surface area contributed by atoms with Crippen molar-refractivity contribution in [3.05, 3.63) is 33.0 Å². The van der Waals surface area contributed by atoms with Gasteiger partial charge in [-0.2, -0.15) is 0 Å². The maximum Gasteiger partial charge on any atom is 0.127 e. The van der Waals surface area contributed by atoms with Crippen molar-refractivity contribution in [3.63, 3.8) is 0 Å². The van der Waals surface area contributed by atoms with Gasteiger partial charge in [-0.05, 0) is 43.0 Å². The van der Waals surface area contributed by atoms with Gasteiger partial charge in [-0.1, -0.05) is 15.9 Å². The summed E-state index contributed by atoms with van der Waals surface area (Å²) in [6.07, 6.45) is 0.442. The zero-order chi connectivity index (χ0) is 11.6. The van der Waals surface area contributed by atoms with Crippen LogP contribution in [0.2, 0.25) is 0 Å². The Morgan fingerprint density at radius 3 is 2.60 bits per heavy atom. The molecular formula is C11H15BrFNO. The third kappa shape index (κ3) is 2.56. The molecule has 0 spiro atoms. The van der Waals surface area contributed by atoms with Gasteiger partial charge in [-0.3, -0.25) is 0 Å². The smallest absolute Gasteiger partial charge is 0.127 e. The second-order valence-corrected chi connectivity index (χ2v) is 4.48. The Morgan fingerprint density at radius 2 is 2.07 bits per heavy atom. The van der Waals surface area contributed by atoms with Crippen molar-refractivity contribution in [2.45, 2.75) is 26.3 Å². The molecule has 1 unspecified atom stereocenters. The normalized spacial score (nSPS) is 12.9. The molecule has 0 radical (unpaired) electrons. The van der Waals surface area contributed by atoms with E-state index in [4.69, 9.17) is 10.8 Å². The van der Waals surface area contributed by atoms with Crippen LogP contribution in [-0.2, 0) is 0 Å². The number of aliphatic hydroxyl groups is 1. The number of halogens is 2. The minimum atomic E-state index is -0.318. The summed E-state index contributed by atoms with van der Waals surface area (Å²) < 4.78 is 14.2. The highest BCUT2D eigenvalue weighted by atomic mass is 79.9. The molecule has 1 aromatic rings. The van der Waals surface area contributed by atoms with E-state index in [1.165, 1.54) is 6.07 Å². The zero-order valence-corrected chi connectivity index (χ0v) is 10.4. The first-order chi connectivity index (χ1) is 6.99. The molecule has 84 valence electrons. The summed E-state index contributed by atoms with van der Waals surface area (Å²) in [7, 11) is 0. The Kier molecular flexibility index (Phi) is 4.25. The standard InChI is InChI=1S/C11H15BrFNO/c1-6-8(12)5-9(13)7(2)11(6)10(14)3-4-15/h5,10,15H,3-4,14H2,1-2H3. The second kappa shape index (κ2) is 5.05. The second-order valence-electron chi connectivity index (χ2n) is 3.62. The lowest BCUT2D eigenvalue weighted by Gasteiger charge is -2.18. The van der Waals surface area contributed by atoms with Crippen LogP contribution >= 0.6 is 15.9 Å². The first kappa shape index (κ1) is 12.6. The van der Waals surface area contributed by atoms with Crippen LogP contribution < -0.4 is 5.73 Å². The van der Waals surface area contributed by atoms with Gasteiger partial charge in [-0.25, -0.2) is 4.39 Å². The van der Waals surface area contributed by atoms with Crippen molar-refractivity contribution in [1.82, 2.24) is 0 Å². The Labute approximate surface area is 97.4 Å². The molecule has 1 atom stereocenters. The Balaban J connectivity index is 3.26. The van der Waals surface area contributed by atoms with Crippen molar-refractivity contribution in [3.8, 4) is 0 Å². The fourth-order valence-electron chi connectivity index (χ4n) is 1.71. The first-order valence-electron chi connectivity index (χ1n) is 4.80. The van der Waals surface area contributed by atoms with Crippen molar-refractivity contribution < 1.29 is 9.50 Å². The molecule has 2 nitrogen and oxygen atoms in total. The summed E-state index contributed by atoms with van der Waals surface area (Å²) in [5.41, 5.74) is 8.19. The minimum Gasteiger partial charge on any atom is -0.396 e. The summed E-state index contributed by atoms with van der Waals surface area (Å²) in [4.78, 5) is 0. The molecule has 1 rings (SSSR count). The summed E-state index contributed by atoms with van der Waals surface area (Å²) in [6.45, 7) is 3.61. The summed E-state index contributed by atoms with van der Waals surface area (Å²) in [6, 6.07) is 1.13. The lowest BCUT2D eigenvalue weighted by Crippen LogP contribution is -2.16. The monoisotopic (exact) mass is 275 g/mol. The average molecular weight is 276 g/mol. The van der Waals surface area contributed by atoms with Crippen LogP contribution in [0.4, 0.5) is 4.39 Å². The van der Waals surface area contributed by atoms with E-state index in [0.717, 1.165) is 11.1 Å². The third-order valence-electron chi connectivity index (χ3n) is 2.59. The van der Waals surface area contributed by atoms with E-state index < -0.39 is 0 Å². The van der Waals surface area contributed by atoms with Crippen molar-refractivity contribution in [2.24, 2.45) is 5.73 Å². The van der Waals surface area contributed by atoms with Gasteiger partial charge in [0.05, 0.1) is 0 Å². The molecule has 0 aromatic heterocycles. The van der Waals surface area contributed by atoms with Gasteiger partial charge in [0.15, 0.2) is 0 Å². The first-order valence-corrected chi connectivity index (χ1v) is 5.59. The van der Waals surface area contributed by atoms with Crippen molar-refractivity contribution in [1.29, 1.82) is 0 Å². The molecule has 0 amide bonds. The van der Waals surface area contributed by atoms with Gasteiger partial charge in [0.1, 0.15) is 5.82 Å². The zero-order valence-electron chi connectivity index (χ0n) is 8.85. The summed E-state index contributed by atoms with van der Waals surface area (Å²) in [5, 5.41) is 8.83. The van der Waals surface area contributed by atoms with E-state index >= 15 is 0 Å². The molecule has 0 aliphatic heterocycles. The molecule has 0 aliphatic rings. The molecule has 0 saturated heterocycles. The van der Waals surface area contributed by atoms with E-state index in [9.17, 15) is 4.39 Å². The number of benzene rings is 1. The maximum absolute atomic E-state index is 13.5. The molecule has 0 aliphatic carbocycles. The maximum atomic E-state index is 13.5. The van der Waals surface area contributed by atoms with Crippen molar-refractivity contribution in [2.75, 3.05) is 6.61 Å². The quantitative estimate of drug-likeness (QED) is 0.891.